The Kier molecular flexibility index (Phi) is 9.31. The molecule has 0 aromatic heterocycles. The van der Waals surface area contributed by atoms with E-state index in [-0.39, 0.29) is 18.3 Å². The van der Waals surface area contributed by atoms with Crippen LogP contribution in [0.1, 0.15) is 12.5 Å². The molecule has 1 aliphatic heterocycles. The lowest BCUT2D eigenvalue weighted by atomic mass is 10.2. The fourth-order valence-electron chi connectivity index (χ4n) is 3.29. The van der Waals surface area contributed by atoms with Crippen molar-refractivity contribution in [3.63, 3.8) is 0 Å². The summed E-state index contributed by atoms with van der Waals surface area (Å²) in [4.78, 5) is 14.7. The molecule has 1 atom stereocenters. The summed E-state index contributed by atoms with van der Waals surface area (Å²) in [7, 11) is -3.46. The Bertz CT molecular complexity index is 931. The largest absolute Gasteiger partial charge is 0.481 e. The molecule has 0 radical (unpaired) electrons. The molecule has 0 bridgehead atoms. The first-order chi connectivity index (χ1) is 14.4. The third-order valence-electron chi connectivity index (χ3n) is 5.14. The van der Waals surface area contributed by atoms with E-state index in [1.165, 1.54) is 4.31 Å². The number of halogens is 1. The second kappa shape index (κ2) is 11.5. The van der Waals surface area contributed by atoms with Crippen molar-refractivity contribution in [2.24, 2.45) is 0 Å². The van der Waals surface area contributed by atoms with Crippen LogP contribution < -0.4 is 10.1 Å². The summed E-state index contributed by atoms with van der Waals surface area (Å²) in [5.41, 5.74) is 1.03. The van der Waals surface area contributed by atoms with Gasteiger partial charge in [0, 0.05) is 39.3 Å². The van der Waals surface area contributed by atoms with E-state index in [2.05, 4.69) is 10.2 Å². The zero-order chi connectivity index (χ0) is 21.6. The highest BCUT2D eigenvalue weighted by Crippen LogP contribution is 2.18. The second-order valence-corrected chi connectivity index (χ2v) is 9.36. The molecule has 1 heterocycles. The van der Waals surface area contributed by atoms with E-state index in [1.807, 2.05) is 49.4 Å². The van der Waals surface area contributed by atoms with Gasteiger partial charge in [-0.25, -0.2) is 8.42 Å². The number of benzene rings is 2. The van der Waals surface area contributed by atoms with Crippen LogP contribution >= 0.6 is 12.4 Å². The van der Waals surface area contributed by atoms with Crippen molar-refractivity contribution in [1.82, 2.24) is 14.5 Å². The van der Waals surface area contributed by atoms with Crippen molar-refractivity contribution in [2.75, 3.05) is 39.3 Å². The molecule has 2 aromatic rings. The predicted octanol–water partition coefficient (Wildman–Crippen LogP) is 2.31. The van der Waals surface area contributed by atoms with Crippen molar-refractivity contribution in [3.05, 3.63) is 60.2 Å². The van der Waals surface area contributed by atoms with E-state index in [9.17, 15) is 13.2 Å². The molecule has 31 heavy (non-hydrogen) atoms. The van der Waals surface area contributed by atoms with Gasteiger partial charge in [-0.2, -0.15) is 4.31 Å². The lowest BCUT2D eigenvalue weighted by molar-refractivity contribution is -0.127. The topological polar surface area (TPSA) is 79.0 Å². The molecule has 2 aromatic carbocycles. The molecule has 1 fully saturated rings. The number of carbonyl (C=O) groups excluding carboxylic acids is 1. The number of carbonyl (C=O) groups is 1. The van der Waals surface area contributed by atoms with Crippen LogP contribution in [0.3, 0.4) is 0 Å². The van der Waals surface area contributed by atoms with Crippen LogP contribution in [-0.4, -0.2) is 68.9 Å². The van der Waals surface area contributed by atoms with E-state index in [0.29, 0.717) is 49.9 Å². The smallest absolute Gasteiger partial charge is 0.260 e. The standard InChI is InChI=1S/C22H29N3O4S.ClH/c1-18-8-10-21(11-9-18)30(27,28)25-16-14-24(15-17-25)13-12-23-22(26)19(2)29-20-6-4-3-5-7-20;/h3-11,19H,12-17H2,1-2H3,(H,23,26);1H. The van der Waals surface area contributed by atoms with Gasteiger partial charge >= 0.3 is 0 Å². The number of hydrogen-bond acceptors (Lipinski definition) is 5. The van der Waals surface area contributed by atoms with Crippen molar-refractivity contribution in [1.29, 1.82) is 0 Å². The summed E-state index contributed by atoms with van der Waals surface area (Å²) in [5, 5.41) is 2.89. The molecule has 1 aliphatic rings. The first-order valence-electron chi connectivity index (χ1n) is 10.1. The highest BCUT2D eigenvalue weighted by atomic mass is 35.5. The Balaban J connectivity index is 0.00000341. The van der Waals surface area contributed by atoms with Crippen LogP contribution in [0.15, 0.2) is 59.5 Å². The Morgan fingerprint density at radius 1 is 1.03 bits per heavy atom. The van der Waals surface area contributed by atoms with Gasteiger partial charge in [-0.05, 0) is 38.1 Å². The highest BCUT2D eigenvalue weighted by Gasteiger charge is 2.28. The van der Waals surface area contributed by atoms with Crippen molar-refractivity contribution >= 4 is 28.3 Å². The van der Waals surface area contributed by atoms with Gasteiger partial charge in [0.15, 0.2) is 6.10 Å². The summed E-state index contributed by atoms with van der Waals surface area (Å²) in [6, 6.07) is 16.2. The SMILES string of the molecule is Cc1ccc(S(=O)(=O)N2CCN(CCNC(=O)C(C)Oc3ccccc3)CC2)cc1.Cl. The number of para-hydroxylation sites is 1. The molecule has 1 saturated heterocycles. The third-order valence-corrected chi connectivity index (χ3v) is 7.06. The van der Waals surface area contributed by atoms with E-state index in [0.717, 1.165) is 5.56 Å². The van der Waals surface area contributed by atoms with Crippen LogP contribution in [0.2, 0.25) is 0 Å². The van der Waals surface area contributed by atoms with Gasteiger partial charge in [-0.1, -0.05) is 35.9 Å². The molecule has 9 heteroatoms. The lowest BCUT2D eigenvalue weighted by Crippen LogP contribution is -2.50. The van der Waals surface area contributed by atoms with Gasteiger partial charge < -0.3 is 10.1 Å². The number of ether oxygens (including phenoxy) is 1. The van der Waals surface area contributed by atoms with Gasteiger partial charge in [0.1, 0.15) is 5.75 Å². The first-order valence-corrected chi connectivity index (χ1v) is 11.6. The van der Waals surface area contributed by atoms with Crippen LogP contribution in [0.5, 0.6) is 5.75 Å². The van der Waals surface area contributed by atoms with E-state index < -0.39 is 16.1 Å². The van der Waals surface area contributed by atoms with Gasteiger partial charge in [-0.3, -0.25) is 9.69 Å². The maximum absolute atomic E-state index is 12.8. The van der Waals surface area contributed by atoms with Gasteiger partial charge in [0.05, 0.1) is 4.90 Å². The van der Waals surface area contributed by atoms with Crippen molar-refractivity contribution in [3.8, 4) is 5.75 Å². The van der Waals surface area contributed by atoms with Crippen LogP contribution in [0.4, 0.5) is 0 Å². The molecule has 1 N–H and O–H groups in total. The Labute approximate surface area is 190 Å². The number of aryl methyl sites for hydroxylation is 1. The van der Waals surface area contributed by atoms with Crippen LogP contribution in [0.25, 0.3) is 0 Å². The molecule has 0 saturated carbocycles. The van der Waals surface area contributed by atoms with Crippen LogP contribution in [0, 0.1) is 6.92 Å². The number of nitrogens with zero attached hydrogens (tertiary/aromatic N) is 2. The summed E-state index contributed by atoms with van der Waals surface area (Å²) < 4.78 is 32.7. The molecule has 3 rings (SSSR count). The Morgan fingerprint density at radius 2 is 1.65 bits per heavy atom. The maximum Gasteiger partial charge on any atom is 0.260 e. The van der Waals surface area contributed by atoms with Crippen molar-refractivity contribution < 1.29 is 17.9 Å². The molecule has 0 spiro atoms. The fourth-order valence-corrected chi connectivity index (χ4v) is 4.71. The minimum Gasteiger partial charge on any atom is -0.481 e. The van der Waals surface area contributed by atoms with E-state index >= 15 is 0 Å². The van der Waals surface area contributed by atoms with Crippen LogP contribution in [-0.2, 0) is 14.8 Å². The van der Waals surface area contributed by atoms with Gasteiger partial charge in [-0.15, -0.1) is 12.4 Å². The minimum absolute atomic E-state index is 0. The number of hydrogen-bond donors (Lipinski definition) is 1. The summed E-state index contributed by atoms with van der Waals surface area (Å²) in [6.07, 6.45) is -0.580. The average Bonchev–Trinajstić information content (AvgIpc) is 2.75. The Hall–Kier alpha value is -2.13. The number of rotatable bonds is 8. The van der Waals surface area contributed by atoms with E-state index in [1.54, 1.807) is 19.1 Å². The predicted molar refractivity (Wildman–Crippen MR) is 123 cm³/mol. The van der Waals surface area contributed by atoms with E-state index in [4.69, 9.17) is 4.74 Å². The number of sulfonamides is 1. The molecule has 1 unspecified atom stereocenters. The number of nitrogens with one attached hydrogen (secondary N) is 1. The summed E-state index contributed by atoms with van der Waals surface area (Å²) >= 11 is 0. The molecule has 170 valence electrons. The lowest BCUT2D eigenvalue weighted by Gasteiger charge is -2.34. The zero-order valence-corrected chi connectivity index (χ0v) is 19.5. The number of piperazine rings is 1. The highest BCUT2D eigenvalue weighted by molar-refractivity contribution is 7.89. The molecular weight excluding hydrogens is 438 g/mol. The molecule has 1 amide bonds. The fraction of sp³-hybridized carbons (Fsp3) is 0.409. The van der Waals surface area contributed by atoms with Crippen molar-refractivity contribution in [2.45, 2.75) is 24.8 Å². The molecule has 0 aliphatic carbocycles. The molecular formula is C22H30ClN3O4S. The summed E-state index contributed by atoms with van der Waals surface area (Å²) in [5.74, 6) is 0.491. The third kappa shape index (κ3) is 6.93. The monoisotopic (exact) mass is 467 g/mol. The minimum atomic E-state index is -3.46. The second-order valence-electron chi connectivity index (χ2n) is 7.42. The van der Waals surface area contributed by atoms with Gasteiger partial charge in [0.2, 0.25) is 10.0 Å². The Morgan fingerprint density at radius 3 is 2.26 bits per heavy atom. The average molecular weight is 468 g/mol. The molecule has 7 nitrogen and oxygen atoms in total. The number of amides is 1. The normalized spacial score (nSPS) is 16.2. The maximum atomic E-state index is 12.8. The summed E-state index contributed by atoms with van der Waals surface area (Å²) in [6.45, 7) is 6.97. The van der Waals surface area contributed by atoms with Gasteiger partial charge in [0.25, 0.3) is 5.91 Å². The first kappa shape index (κ1) is 25.1. The quantitative estimate of drug-likeness (QED) is 0.644. The zero-order valence-electron chi connectivity index (χ0n) is 17.9.